The molecule has 1 heterocycles. The molecule has 3 N–H and O–H groups in total. The van der Waals surface area contributed by atoms with Gasteiger partial charge in [-0.25, -0.2) is 0 Å². The van der Waals surface area contributed by atoms with Gasteiger partial charge in [-0.3, -0.25) is 9.59 Å². The van der Waals surface area contributed by atoms with Gasteiger partial charge >= 0.3 is 0 Å². The molecule has 3 rings (SSSR count). The van der Waals surface area contributed by atoms with Gasteiger partial charge in [0.05, 0.1) is 0 Å². The molecule has 0 aromatic heterocycles. The summed E-state index contributed by atoms with van der Waals surface area (Å²) < 4.78 is 0. The lowest BCUT2D eigenvalue weighted by molar-refractivity contribution is -0.133. The standard InChI is InChI=1S/C23H29N3O2.ClH/c1-16(2)21(25-22(27)18-11-7-4-8-12-18)23(28)26-14-19(13-24)20(15-26)17-9-5-3-6-10-17;/h3-12,16,19-21H,13-15,24H2,1-2H3,(H,25,27);1H/t19-,20+,21?;/m1./s1. The van der Waals surface area contributed by atoms with Crippen LogP contribution in [0.15, 0.2) is 60.7 Å². The number of rotatable bonds is 6. The number of benzene rings is 2. The summed E-state index contributed by atoms with van der Waals surface area (Å²) >= 11 is 0. The van der Waals surface area contributed by atoms with Crippen LogP contribution in [0.25, 0.3) is 0 Å². The fourth-order valence-electron chi connectivity index (χ4n) is 3.89. The zero-order chi connectivity index (χ0) is 20.1. The van der Waals surface area contributed by atoms with Crippen molar-refractivity contribution in [2.45, 2.75) is 25.8 Å². The van der Waals surface area contributed by atoms with E-state index in [0.717, 1.165) is 0 Å². The summed E-state index contributed by atoms with van der Waals surface area (Å²) in [6, 6.07) is 18.7. The predicted molar refractivity (Wildman–Crippen MR) is 118 cm³/mol. The Hall–Kier alpha value is -2.37. The Kier molecular flexibility index (Phi) is 8.23. The number of amides is 2. The minimum absolute atomic E-state index is 0. The average molecular weight is 416 g/mol. The van der Waals surface area contributed by atoms with E-state index in [1.54, 1.807) is 12.1 Å². The van der Waals surface area contributed by atoms with Crippen molar-refractivity contribution in [2.24, 2.45) is 17.6 Å². The molecule has 1 fully saturated rings. The molecule has 2 amide bonds. The quantitative estimate of drug-likeness (QED) is 0.761. The molecule has 0 radical (unpaired) electrons. The molecule has 0 spiro atoms. The highest BCUT2D eigenvalue weighted by Crippen LogP contribution is 2.32. The number of likely N-dealkylation sites (tertiary alicyclic amines) is 1. The molecule has 6 heteroatoms. The Bertz CT molecular complexity index is 798. The number of hydrogen-bond donors (Lipinski definition) is 2. The molecule has 156 valence electrons. The molecule has 2 aromatic rings. The minimum atomic E-state index is -0.555. The summed E-state index contributed by atoms with van der Waals surface area (Å²) in [7, 11) is 0. The topological polar surface area (TPSA) is 75.4 Å². The van der Waals surface area contributed by atoms with Gasteiger partial charge in [-0.2, -0.15) is 0 Å². The van der Waals surface area contributed by atoms with Crippen LogP contribution in [-0.4, -0.2) is 42.4 Å². The van der Waals surface area contributed by atoms with E-state index in [1.807, 2.05) is 55.1 Å². The van der Waals surface area contributed by atoms with Crippen LogP contribution in [0.3, 0.4) is 0 Å². The van der Waals surface area contributed by atoms with Crippen molar-refractivity contribution in [1.29, 1.82) is 0 Å². The lowest BCUT2D eigenvalue weighted by Gasteiger charge is -2.27. The van der Waals surface area contributed by atoms with E-state index in [1.165, 1.54) is 5.56 Å². The van der Waals surface area contributed by atoms with Crippen LogP contribution < -0.4 is 11.1 Å². The third-order valence-electron chi connectivity index (χ3n) is 5.54. The lowest BCUT2D eigenvalue weighted by Crippen LogP contribution is -2.50. The summed E-state index contributed by atoms with van der Waals surface area (Å²) in [5.74, 6) is 0.196. The second-order valence-electron chi connectivity index (χ2n) is 7.82. The van der Waals surface area contributed by atoms with Crippen molar-refractivity contribution in [3.63, 3.8) is 0 Å². The van der Waals surface area contributed by atoms with E-state index in [-0.39, 0.29) is 42.0 Å². The molecular weight excluding hydrogens is 386 g/mol. The Morgan fingerprint density at radius 3 is 2.17 bits per heavy atom. The first-order chi connectivity index (χ1) is 13.5. The maximum absolute atomic E-state index is 13.3. The molecule has 1 aliphatic rings. The maximum Gasteiger partial charge on any atom is 0.251 e. The molecule has 5 nitrogen and oxygen atoms in total. The first-order valence-corrected chi connectivity index (χ1v) is 9.91. The van der Waals surface area contributed by atoms with Gasteiger partial charge in [-0.1, -0.05) is 62.4 Å². The SMILES string of the molecule is CC(C)C(NC(=O)c1ccccc1)C(=O)N1C[C@@H](CN)[C@H](c2ccccc2)C1.Cl. The summed E-state index contributed by atoms with van der Waals surface area (Å²) in [6.45, 7) is 5.71. The zero-order valence-corrected chi connectivity index (χ0v) is 17.8. The number of hydrogen-bond acceptors (Lipinski definition) is 3. The molecular formula is C23H30ClN3O2. The monoisotopic (exact) mass is 415 g/mol. The molecule has 3 atom stereocenters. The van der Waals surface area contributed by atoms with Crippen LogP contribution in [0.2, 0.25) is 0 Å². The molecule has 0 bridgehead atoms. The number of nitrogens with one attached hydrogen (secondary N) is 1. The van der Waals surface area contributed by atoms with Gasteiger partial charge in [-0.05, 0) is 36.1 Å². The molecule has 1 saturated heterocycles. The highest BCUT2D eigenvalue weighted by atomic mass is 35.5. The summed E-state index contributed by atoms with van der Waals surface area (Å²) in [5, 5.41) is 2.94. The number of nitrogens with zero attached hydrogens (tertiary/aromatic N) is 1. The number of carbonyl (C=O) groups is 2. The third-order valence-corrected chi connectivity index (χ3v) is 5.54. The van der Waals surface area contributed by atoms with Crippen molar-refractivity contribution in [1.82, 2.24) is 10.2 Å². The van der Waals surface area contributed by atoms with Crippen LogP contribution in [0.1, 0.15) is 35.7 Å². The summed E-state index contributed by atoms with van der Waals surface area (Å²) in [6.07, 6.45) is 0. The molecule has 0 aliphatic carbocycles. The van der Waals surface area contributed by atoms with E-state index in [2.05, 4.69) is 17.4 Å². The average Bonchev–Trinajstić information content (AvgIpc) is 3.17. The molecule has 29 heavy (non-hydrogen) atoms. The summed E-state index contributed by atoms with van der Waals surface area (Å²) in [5.41, 5.74) is 7.78. The van der Waals surface area contributed by atoms with Crippen molar-refractivity contribution in [3.05, 3.63) is 71.8 Å². The van der Waals surface area contributed by atoms with Crippen LogP contribution in [-0.2, 0) is 4.79 Å². The Morgan fingerprint density at radius 1 is 1.03 bits per heavy atom. The van der Waals surface area contributed by atoms with Crippen LogP contribution >= 0.6 is 12.4 Å². The first-order valence-electron chi connectivity index (χ1n) is 9.91. The Balaban J connectivity index is 0.00000300. The normalized spacial score (nSPS) is 19.5. The van der Waals surface area contributed by atoms with E-state index < -0.39 is 6.04 Å². The van der Waals surface area contributed by atoms with E-state index in [0.29, 0.717) is 25.2 Å². The van der Waals surface area contributed by atoms with Crippen molar-refractivity contribution < 1.29 is 9.59 Å². The lowest BCUT2D eigenvalue weighted by atomic mass is 9.89. The van der Waals surface area contributed by atoms with Gasteiger partial charge in [-0.15, -0.1) is 12.4 Å². The number of halogens is 1. The highest BCUT2D eigenvalue weighted by Gasteiger charge is 2.38. The van der Waals surface area contributed by atoms with Gasteiger partial charge in [0.1, 0.15) is 6.04 Å². The Morgan fingerprint density at radius 2 is 1.62 bits per heavy atom. The van der Waals surface area contributed by atoms with Crippen LogP contribution in [0, 0.1) is 11.8 Å². The van der Waals surface area contributed by atoms with Gasteiger partial charge < -0.3 is 16.0 Å². The molecule has 1 aliphatic heterocycles. The van der Waals surface area contributed by atoms with Gasteiger partial charge in [0.2, 0.25) is 5.91 Å². The van der Waals surface area contributed by atoms with Gasteiger partial charge in [0.25, 0.3) is 5.91 Å². The zero-order valence-electron chi connectivity index (χ0n) is 17.0. The smallest absolute Gasteiger partial charge is 0.251 e. The van der Waals surface area contributed by atoms with Crippen LogP contribution in [0.5, 0.6) is 0 Å². The maximum atomic E-state index is 13.3. The van der Waals surface area contributed by atoms with Crippen molar-refractivity contribution >= 4 is 24.2 Å². The first kappa shape index (κ1) is 22.9. The highest BCUT2D eigenvalue weighted by molar-refractivity contribution is 5.97. The third kappa shape index (κ3) is 5.37. The molecule has 0 saturated carbocycles. The van der Waals surface area contributed by atoms with E-state index in [4.69, 9.17) is 5.73 Å². The van der Waals surface area contributed by atoms with Crippen molar-refractivity contribution in [3.8, 4) is 0 Å². The van der Waals surface area contributed by atoms with E-state index in [9.17, 15) is 9.59 Å². The largest absolute Gasteiger partial charge is 0.340 e. The fraction of sp³-hybridized carbons (Fsp3) is 0.391. The summed E-state index contributed by atoms with van der Waals surface area (Å²) in [4.78, 5) is 27.7. The second kappa shape index (κ2) is 10.4. The molecule has 2 aromatic carbocycles. The van der Waals surface area contributed by atoms with Gasteiger partial charge in [0.15, 0.2) is 0 Å². The fourth-order valence-corrected chi connectivity index (χ4v) is 3.89. The number of nitrogens with two attached hydrogens (primary N) is 1. The Labute approximate surface area is 179 Å². The predicted octanol–water partition coefficient (Wildman–Crippen LogP) is 3.06. The number of carbonyl (C=O) groups excluding carboxylic acids is 2. The van der Waals surface area contributed by atoms with E-state index >= 15 is 0 Å². The van der Waals surface area contributed by atoms with Crippen LogP contribution in [0.4, 0.5) is 0 Å². The minimum Gasteiger partial charge on any atom is -0.340 e. The van der Waals surface area contributed by atoms with Gasteiger partial charge in [0, 0.05) is 24.6 Å². The molecule has 1 unspecified atom stereocenters. The van der Waals surface area contributed by atoms with Crippen molar-refractivity contribution in [2.75, 3.05) is 19.6 Å². The second-order valence-corrected chi connectivity index (χ2v) is 7.82.